The Hall–Kier alpha value is -5.77. The number of amides is 2. The Balaban J connectivity index is 0.000000419. The lowest BCUT2D eigenvalue weighted by atomic mass is 10.0. The first-order chi connectivity index (χ1) is 22.4. The molecule has 0 unspecified atom stereocenters. The van der Waals surface area contributed by atoms with E-state index in [9.17, 15) is 19.2 Å². The van der Waals surface area contributed by atoms with Gasteiger partial charge < -0.3 is 27.8 Å². The van der Waals surface area contributed by atoms with Crippen LogP contribution in [0.25, 0.3) is 0 Å². The first-order valence-corrected chi connectivity index (χ1v) is 14.2. The van der Waals surface area contributed by atoms with Gasteiger partial charge in [-0.3, -0.25) is 0 Å². The summed E-state index contributed by atoms with van der Waals surface area (Å²) in [6.45, 7) is 2.04. The number of aliphatic imine (C=N–C) groups is 3. The molecule has 0 atom stereocenters. The maximum Gasteiger partial charge on any atom is 0.319 e. The maximum absolute atomic E-state index is 11.5. The predicted molar refractivity (Wildman–Crippen MR) is 185 cm³/mol. The molecule has 0 saturated heterocycles. The van der Waals surface area contributed by atoms with E-state index in [4.69, 9.17) is 17.2 Å². The molecular weight excluding hydrogens is 595 g/mol. The Morgan fingerprint density at radius 1 is 0.532 bits per heavy atom. The zero-order chi connectivity index (χ0) is 33.4. The summed E-state index contributed by atoms with van der Waals surface area (Å²) in [5.41, 5.74) is 22.1. The molecule has 0 spiro atoms. The molecule has 0 aliphatic heterocycles. The number of urea groups is 1. The number of benzene rings is 4. The number of hydrogen-bond acceptors (Lipinski definition) is 10. The molecule has 3 radical (unpaired) electrons. The van der Waals surface area contributed by atoms with Crippen LogP contribution in [0.2, 0.25) is 0 Å². The molecule has 0 saturated carbocycles. The van der Waals surface area contributed by atoms with E-state index in [1.54, 1.807) is 36.4 Å². The third-order valence-corrected chi connectivity index (χ3v) is 5.96. The van der Waals surface area contributed by atoms with E-state index >= 15 is 0 Å². The van der Waals surface area contributed by atoms with E-state index in [0.29, 0.717) is 43.2 Å². The van der Waals surface area contributed by atoms with Gasteiger partial charge in [0.15, 0.2) is 0 Å². The van der Waals surface area contributed by atoms with Crippen LogP contribution in [0.5, 0.6) is 0 Å². The molecule has 0 heterocycles. The fourth-order valence-electron chi connectivity index (χ4n) is 3.76. The number of carbonyl (C=O) groups excluding carboxylic acids is 4. The Bertz CT molecular complexity index is 1570. The zero-order valence-corrected chi connectivity index (χ0v) is 25.8. The van der Waals surface area contributed by atoms with Gasteiger partial charge in [0.1, 0.15) is 0 Å². The first-order valence-electron chi connectivity index (χ1n) is 14.2. The Morgan fingerprint density at radius 3 is 1.13 bits per heavy atom. The molecule has 12 nitrogen and oxygen atoms in total. The molecule has 4 aromatic carbocycles. The number of nitrogens with zero attached hydrogens (tertiary/aromatic N) is 3. The van der Waals surface area contributed by atoms with Gasteiger partial charge in [-0.25, -0.2) is 19.2 Å². The predicted octanol–water partition coefficient (Wildman–Crippen LogP) is 4.06. The van der Waals surface area contributed by atoms with Crippen molar-refractivity contribution < 1.29 is 19.2 Å². The molecule has 4 aromatic rings. The number of hydrogen-bond donors (Lipinski definition) is 5. The average Bonchev–Trinajstić information content (AvgIpc) is 3.08. The minimum Gasteiger partial charge on any atom is -0.337 e. The van der Waals surface area contributed by atoms with Crippen LogP contribution in [0, 0.1) is 0 Å². The van der Waals surface area contributed by atoms with E-state index in [-0.39, 0.29) is 14.4 Å². The third kappa shape index (κ3) is 16.2. The van der Waals surface area contributed by atoms with E-state index in [1.165, 1.54) is 18.2 Å². The highest BCUT2D eigenvalue weighted by Gasteiger charge is 2.02. The van der Waals surface area contributed by atoms with Gasteiger partial charge in [0.05, 0.1) is 17.1 Å². The van der Waals surface area contributed by atoms with E-state index in [0.717, 1.165) is 40.8 Å². The molecule has 0 aliphatic carbocycles. The van der Waals surface area contributed by atoms with Gasteiger partial charge in [-0.1, -0.05) is 48.5 Å². The van der Waals surface area contributed by atoms with Crippen molar-refractivity contribution in [3.05, 3.63) is 119 Å². The molecule has 0 aliphatic rings. The maximum atomic E-state index is 11.5. The standard InChI is InChI=1S/C17H18N4O2.C15H10N2O2.C2H8N2.B/c18-9-10-19-17(23)21-16-7-3-14(4-8-16)11-13-1-5-15(6-2-13)20-12-22;18-10-16-14-5-1-12(2-6-14)9-13-3-7-15(8-4-13)17-11-19;3-1-2-4;/h1-8H,9-11,18H2,(H2,19,21,23);1-8H,9H2;1-4H2;. The van der Waals surface area contributed by atoms with Gasteiger partial charge in [0.25, 0.3) is 0 Å². The molecule has 239 valence electrons. The van der Waals surface area contributed by atoms with Crippen molar-refractivity contribution in [3.63, 3.8) is 0 Å². The minimum absolute atomic E-state index is 0. The fourth-order valence-corrected chi connectivity index (χ4v) is 3.76. The van der Waals surface area contributed by atoms with Crippen LogP contribution in [0.4, 0.5) is 27.5 Å². The van der Waals surface area contributed by atoms with E-state index in [1.807, 2.05) is 60.7 Å². The van der Waals surface area contributed by atoms with Crippen molar-refractivity contribution in [2.24, 2.45) is 32.2 Å². The van der Waals surface area contributed by atoms with Gasteiger partial charge in [0.2, 0.25) is 18.2 Å². The summed E-state index contributed by atoms with van der Waals surface area (Å²) in [7, 11) is 0. The molecule has 0 bridgehead atoms. The number of nitrogens with one attached hydrogen (secondary N) is 2. The number of rotatable bonds is 11. The molecule has 0 aromatic heterocycles. The second-order valence-electron chi connectivity index (χ2n) is 9.41. The largest absolute Gasteiger partial charge is 0.337 e. The van der Waals surface area contributed by atoms with Crippen molar-refractivity contribution in [3.8, 4) is 0 Å². The van der Waals surface area contributed by atoms with Gasteiger partial charge in [-0.05, 0) is 83.6 Å². The molecule has 8 N–H and O–H groups in total. The highest BCUT2D eigenvalue weighted by atomic mass is 16.2. The summed E-state index contributed by atoms with van der Waals surface area (Å²) in [5, 5.41) is 5.37. The second kappa shape index (κ2) is 23.6. The Labute approximate surface area is 275 Å². The first kappa shape index (κ1) is 39.3. The van der Waals surface area contributed by atoms with Crippen molar-refractivity contribution in [1.82, 2.24) is 5.32 Å². The topological polar surface area (TPSA) is 207 Å². The van der Waals surface area contributed by atoms with Crippen molar-refractivity contribution in [2.75, 3.05) is 31.5 Å². The average molecular weight is 632 g/mol. The lowest BCUT2D eigenvalue weighted by molar-refractivity contribution is 0.252. The van der Waals surface area contributed by atoms with Crippen LogP contribution in [0.1, 0.15) is 22.3 Å². The minimum atomic E-state index is -0.269. The van der Waals surface area contributed by atoms with E-state index < -0.39 is 0 Å². The van der Waals surface area contributed by atoms with Crippen LogP contribution >= 0.6 is 0 Å². The van der Waals surface area contributed by atoms with Crippen LogP contribution in [-0.2, 0) is 27.2 Å². The van der Waals surface area contributed by atoms with Crippen LogP contribution in [-0.4, -0.2) is 58.9 Å². The molecule has 13 heteroatoms. The smallest absolute Gasteiger partial charge is 0.319 e. The quantitative estimate of drug-likeness (QED) is 0.0931. The molecule has 0 fully saturated rings. The van der Waals surface area contributed by atoms with Crippen LogP contribution in [0.15, 0.2) is 112 Å². The fraction of sp³-hybridized carbons (Fsp3) is 0.176. The highest BCUT2D eigenvalue weighted by molar-refractivity contribution is 5.89. The Kier molecular flexibility index (Phi) is 19.7. The lowest BCUT2D eigenvalue weighted by Gasteiger charge is -2.08. The molecule has 2 amide bonds. The van der Waals surface area contributed by atoms with Gasteiger partial charge in [0, 0.05) is 40.3 Å². The van der Waals surface area contributed by atoms with E-state index in [2.05, 4.69) is 25.6 Å². The summed E-state index contributed by atoms with van der Waals surface area (Å²) >= 11 is 0. The number of anilines is 1. The van der Waals surface area contributed by atoms with Gasteiger partial charge >= 0.3 is 6.03 Å². The number of isocyanates is 3. The summed E-state index contributed by atoms with van der Waals surface area (Å²) in [4.78, 5) is 52.5. The number of nitrogens with two attached hydrogens (primary N) is 3. The normalized spacial score (nSPS) is 9.17. The van der Waals surface area contributed by atoms with Crippen molar-refractivity contribution in [1.29, 1.82) is 0 Å². The number of carbonyl (C=O) groups is 1. The Morgan fingerprint density at radius 2 is 0.851 bits per heavy atom. The summed E-state index contributed by atoms with van der Waals surface area (Å²) in [5.74, 6) is 0. The SMILES string of the molecule is NCCN.NCCNC(=O)Nc1ccc(Cc2ccc(N=C=O)cc2)cc1.O=C=Nc1ccc(Cc2ccc(N=C=O)cc2)cc1.[B]. The molecule has 4 rings (SSSR count). The second-order valence-corrected chi connectivity index (χ2v) is 9.41. The van der Waals surface area contributed by atoms with Crippen molar-refractivity contribution >= 4 is 55.4 Å². The van der Waals surface area contributed by atoms with Gasteiger partial charge in [-0.2, -0.15) is 15.0 Å². The molecule has 47 heavy (non-hydrogen) atoms. The zero-order valence-electron chi connectivity index (χ0n) is 25.8. The van der Waals surface area contributed by atoms with Gasteiger partial charge in [-0.15, -0.1) is 0 Å². The summed E-state index contributed by atoms with van der Waals surface area (Å²) < 4.78 is 0. The van der Waals surface area contributed by atoms with Crippen molar-refractivity contribution in [2.45, 2.75) is 12.8 Å². The third-order valence-electron chi connectivity index (χ3n) is 5.96. The summed E-state index contributed by atoms with van der Waals surface area (Å²) in [6.07, 6.45) is 6.04. The summed E-state index contributed by atoms with van der Waals surface area (Å²) in [6, 6.07) is 29.4. The van der Waals surface area contributed by atoms with Crippen LogP contribution in [0.3, 0.4) is 0 Å². The highest BCUT2D eigenvalue weighted by Crippen LogP contribution is 2.19. The molecular formula is C34H36BN8O4. The van der Waals surface area contributed by atoms with Crippen LogP contribution < -0.4 is 27.8 Å². The lowest BCUT2D eigenvalue weighted by Crippen LogP contribution is -2.32. The monoisotopic (exact) mass is 631 g/mol.